The lowest BCUT2D eigenvalue weighted by atomic mass is 9.95. The van der Waals surface area contributed by atoms with Crippen molar-refractivity contribution in [1.29, 1.82) is 0 Å². The fraction of sp³-hybridized carbons (Fsp3) is 0.304. The maximum atomic E-state index is 12.3. The van der Waals surface area contributed by atoms with Crippen molar-refractivity contribution in [3.63, 3.8) is 0 Å². The van der Waals surface area contributed by atoms with Gasteiger partial charge in [0.25, 0.3) is 17.7 Å². The van der Waals surface area contributed by atoms with Crippen LogP contribution in [0.5, 0.6) is 0 Å². The fourth-order valence-corrected chi connectivity index (χ4v) is 3.05. The number of imide groups is 1. The molecule has 0 aliphatic carbocycles. The average molecular weight is 407 g/mol. The van der Waals surface area contributed by atoms with Crippen molar-refractivity contribution in [3.8, 4) is 0 Å². The van der Waals surface area contributed by atoms with Gasteiger partial charge in [-0.2, -0.15) is 0 Å². The first-order valence-electron chi connectivity index (χ1n) is 9.79. The van der Waals surface area contributed by atoms with Crippen LogP contribution in [0.25, 0.3) is 0 Å². The summed E-state index contributed by atoms with van der Waals surface area (Å²) < 4.78 is 0. The first-order valence-corrected chi connectivity index (χ1v) is 9.79. The Bertz CT molecular complexity index is 955. The Morgan fingerprint density at radius 2 is 1.43 bits per heavy atom. The SMILES string of the molecule is CC(C)(C)C(=O)NCc1ccc(C(=O)NCCN2C(=O)c3ccccc3C2=O)cc1. The van der Waals surface area contributed by atoms with E-state index in [1.807, 2.05) is 20.8 Å². The molecule has 3 rings (SSSR count). The molecular weight excluding hydrogens is 382 g/mol. The largest absolute Gasteiger partial charge is 0.352 e. The van der Waals surface area contributed by atoms with Crippen molar-refractivity contribution >= 4 is 23.6 Å². The van der Waals surface area contributed by atoms with Gasteiger partial charge < -0.3 is 10.6 Å². The molecule has 0 spiro atoms. The Balaban J connectivity index is 1.49. The summed E-state index contributed by atoms with van der Waals surface area (Å²) in [6.45, 7) is 6.19. The van der Waals surface area contributed by atoms with Gasteiger partial charge in [-0.1, -0.05) is 45.0 Å². The minimum atomic E-state index is -0.459. The van der Waals surface area contributed by atoms with Gasteiger partial charge in [0, 0.05) is 30.6 Å². The van der Waals surface area contributed by atoms with E-state index in [9.17, 15) is 19.2 Å². The van der Waals surface area contributed by atoms with E-state index >= 15 is 0 Å². The summed E-state index contributed by atoms with van der Waals surface area (Å²) in [5.74, 6) is -1.02. The molecule has 0 bridgehead atoms. The molecule has 1 aliphatic rings. The summed E-state index contributed by atoms with van der Waals surface area (Å²) in [4.78, 5) is 50.1. The number of fused-ring (bicyclic) bond motifs is 1. The number of carbonyl (C=O) groups excluding carboxylic acids is 4. The normalized spacial score (nSPS) is 13.2. The van der Waals surface area contributed by atoms with Crippen LogP contribution in [0.4, 0.5) is 0 Å². The minimum Gasteiger partial charge on any atom is -0.352 e. The number of hydrogen-bond donors (Lipinski definition) is 2. The molecule has 7 heteroatoms. The van der Waals surface area contributed by atoms with E-state index in [0.717, 1.165) is 10.5 Å². The highest BCUT2D eigenvalue weighted by Crippen LogP contribution is 2.21. The Morgan fingerprint density at radius 3 is 1.97 bits per heavy atom. The zero-order chi connectivity index (χ0) is 21.9. The van der Waals surface area contributed by atoms with Crippen LogP contribution in [-0.2, 0) is 11.3 Å². The molecule has 7 nitrogen and oxygen atoms in total. The third-order valence-corrected chi connectivity index (χ3v) is 4.85. The van der Waals surface area contributed by atoms with E-state index in [4.69, 9.17) is 0 Å². The summed E-state index contributed by atoms with van der Waals surface area (Å²) in [5, 5.41) is 5.59. The van der Waals surface area contributed by atoms with E-state index < -0.39 is 5.41 Å². The molecule has 0 unspecified atom stereocenters. The summed E-state index contributed by atoms with van der Waals surface area (Å²) in [6.07, 6.45) is 0. The lowest BCUT2D eigenvalue weighted by molar-refractivity contribution is -0.128. The number of nitrogens with zero attached hydrogens (tertiary/aromatic N) is 1. The second-order valence-corrected chi connectivity index (χ2v) is 8.19. The Kier molecular flexibility index (Phi) is 6.01. The maximum absolute atomic E-state index is 12.3. The van der Waals surface area contributed by atoms with Crippen LogP contribution in [-0.4, -0.2) is 41.6 Å². The number of benzene rings is 2. The van der Waals surface area contributed by atoms with Gasteiger partial charge >= 0.3 is 0 Å². The maximum Gasteiger partial charge on any atom is 0.261 e. The van der Waals surface area contributed by atoms with Gasteiger partial charge in [0.2, 0.25) is 5.91 Å². The van der Waals surface area contributed by atoms with Crippen LogP contribution >= 0.6 is 0 Å². The molecule has 156 valence electrons. The van der Waals surface area contributed by atoms with Crippen LogP contribution in [0.1, 0.15) is 57.4 Å². The number of hydrogen-bond acceptors (Lipinski definition) is 4. The summed E-state index contributed by atoms with van der Waals surface area (Å²) >= 11 is 0. The smallest absolute Gasteiger partial charge is 0.261 e. The molecule has 4 amide bonds. The molecule has 2 N–H and O–H groups in total. The number of amides is 4. The molecular formula is C23H25N3O4. The lowest BCUT2D eigenvalue weighted by Gasteiger charge is -2.17. The zero-order valence-electron chi connectivity index (χ0n) is 17.3. The first kappa shape index (κ1) is 21.2. The second-order valence-electron chi connectivity index (χ2n) is 8.19. The highest BCUT2D eigenvalue weighted by molar-refractivity contribution is 6.21. The molecule has 1 heterocycles. The van der Waals surface area contributed by atoms with Gasteiger partial charge in [-0.3, -0.25) is 24.1 Å². The number of nitrogens with one attached hydrogen (secondary N) is 2. The van der Waals surface area contributed by atoms with E-state index in [-0.39, 0.29) is 36.7 Å². The molecule has 0 radical (unpaired) electrons. The van der Waals surface area contributed by atoms with Gasteiger partial charge in [0.05, 0.1) is 11.1 Å². The van der Waals surface area contributed by atoms with Crippen molar-refractivity contribution in [2.75, 3.05) is 13.1 Å². The Hall–Kier alpha value is -3.48. The highest BCUT2D eigenvalue weighted by atomic mass is 16.2. The van der Waals surface area contributed by atoms with Crippen molar-refractivity contribution in [2.24, 2.45) is 5.41 Å². The van der Waals surface area contributed by atoms with E-state index in [2.05, 4.69) is 10.6 Å². The van der Waals surface area contributed by atoms with Crippen LogP contribution in [0.2, 0.25) is 0 Å². The quantitative estimate of drug-likeness (QED) is 0.719. The van der Waals surface area contributed by atoms with Gasteiger partial charge in [0.15, 0.2) is 0 Å². The van der Waals surface area contributed by atoms with Crippen LogP contribution in [0, 0.1) is 5.41 Å². The molecule has 2 aromatic rings. The van der Waals surface area contributed by atoms with Crippen molar-refractivity contribution in [2.45, 2.75) is 27.3 Å². The predicted molar refractivity (Wildman–Crippen MR) is 112 cm³/mol. The van der Waals surface area contributed by atoms with Gasteiger partial charge in [0.1, 0.15) is 0 Å². The van der Waals surface area contributed by atoms with Crippen LogP contribution in [0.15, 0.2) is 48.5 Å². The summed E-state index contributed by atoms with van der Waals surface area (Å²) in [5.41, 5.74) is 1.67. The minimum absolute atomic E-state index is 0.0440. The van der Waals surface area contributed by atoms with E-state index in [0.29, 0.717) is 23.2 Å². The zero-order valence-corrected chi connectivity index (χ0v) is 17.3. The predicted octanol–water partition coefficient (Wildman–Crippen LogP) is 2.37. The lowest BCUT2D eigenvalue weighted by Crippen LogP contribution is -2.38. The first-order chi connectivity index (χ1) is 14.2. The molecule has 0 saturated carbocycles. The van der Waals surface area contributed by atoms with Crippen LogP contribution < -0.4 is 10.6 Å². The van der Waals surface area contributed by atoms with Gasteiger partial charge in [-0.05, 0) is 29.8 Å². The summed E-state index contributed by atoms with van der Waals surface area (Å²) in [7, 11) is 0. The standard InChI is InChI=1S/C23H25N3O4/c1-23(2,3)22(30)25-14-15-8-10-16(11-9-15)19(27)24-12-13-26-20(28)17-6-4-5-7-18(17)21(26)29/h4-11H,12-14H2,1-3H3,(H,24,27)(H,25,30). The number of rotatable bonds is 6. The molecule has 2 aromatic carbocycles. The monoisotopic (exact) mass is 407 g/mol. The van der Waals surface area contributed by atoms with Crippen LogP contribution in [0.3, 0.4) is 0 Å². The average Bonchev–Trinajstić information content (AvgIpc) is 2.96. The second kappa shape index (κ2) is 8.49. The Labute approximate surface area is 175 Å². The molecule has 0 fully saturated rings. The topological polar surface area (TPSA) is 95.6 Å². The third kappa shape index (κ3) is 4.56. The summed E-state index contributed by atoms with van der Waals surface area (Å²) in [6, 6.07) is 13.6. The third-order valence-electron chi connectivity index (χ3n) is 4.85. The number of carbonyl (C=O) groups is 4. The van der Waals surface area contributed by atoms with Crippen molar-refractivity contribution in [3.05, 3.63) is 70.8 Å². The fourth-order valence-electron chi connectivity index (χ4n) is 3.05. The van der Waals surface area contributed by atoms with Gasteiger partial charge in [-0.25, -0.2) is 0 Å². The highest BCUT2D eigenvalue weighted by Gasteiger charge is 2.34. The van der Waals surface area contributed by atoms with E-state index in [1.165, 1.54) is 0 Å². The molecule has 30 heavy (non-hydrogen) atoms. The molecule has 1 aliphatic heterocycles. The van der Waals surface area contributed by atoms with Gasteiger partial charge in [-0.15, -0.1) is 0 Å². The molecule has 0 aromatic heterocycles. The molecule has 0 saturated heterocycles. The Morgan fingerprint density at radius 1 is 0.867 bits per heavy atom. The van der Waals surface area contributed by atoms with Crippen molar-refractivity contribution < 1.29 is 19.2 Å². The molecule has 0 atom stereocenters. The van der Waals surface area contributed by atoms with Crippen molar-refractivity contribution in [1.82, 2.24) is 15.5 Å². The van der Waals surface area contributed by atoms with E-state index in [1.54, 1.807) is 48.5 Å².